The maximum Gasteiger partial charge on any atom is 0.311 e. The summed E-state index contributed by atoms with van der Waals surface area (Å²) in [5.41, 5.74) is -0.945. The normalized spacial score (nSPS) is 15.5. The molecule has 0 aromatic heterocycles. The number of ether oxygens (including phenoxy) is 1. The zero-order valence-corrected chi connectivity index (χ0v) is 13.5. The van der Waals surface area contributed by atoms with Gasteiger partial charge in [-0.1, -0.05) is 41.8 Å². The Morgan fingerprint density at radius 1 is 1.55 bits per heavy atom. The highest BCUT2D eigenvalue weighted by atomic mass is 79.9. The Kier molecular flexibility index (Phi) is 6.14. The Bertz CT molecular complexity index is 474. The van der Waals surface area contributed by atoms with E-state index >= 15 is 0 Å². The number of carbonyl (C=O) groups excluding carboxylic acids is 1. The van der Waals surface area contributed by atoms with Crippen LogP contribution in [0.4, 0.5) is 4.39 Å². The summed E-state index contributed by atoms with van der Waals surface area (Å²) >= 11 is 3.24. The molecule has 0 heterocycles. The number of benzene rings is 1. The van der Waals surface area contributed by atoms with Gasteiger partial charge in [-0.2, -0.15) is 0 Å². The maximum absolute atomic E-state index is 13.2. The van der Waals surface area contributed by atoms with Gasteiger partial charge in [0, 0.05) is 4.47 Å². The molecular formula is C15H20BrFO3. The molecule has 0 aliphatic heterocycles. The van der Waals surface area contributed by atoms with Crippen LogP contribution in [-0.2, 0) is 15.1 Å². The lowest BCUT2D eigenvalue weighted by Gasteiger charge is -2.32. The molecule has 0 bridgehead atoms. The molecule has 2 atom stereocenters. The summed E-state index contributed by atoms with van der Waals surface area (Å²) < 4.78 is 18.4. The molecule has 0 spiro atoms. The van der Waals surface area contributed by atoms with E-state index in [4.69, 9.17) is 4.74 Å². The third-order valence-corrected chi connectivity index (χ3v) is 4.14. The largest absolute Gasteiger partial charge is 0.469 e. The van der Waals surface area contributed by atoms with Crippen LogP contribution in [-0.4, -0.2) is 18.2 Å². The van der Waals surface area contributed by atoms with Crippen molar-refractivity contribution >= 4 is 21.9 Å². The minimum absolute atomic E-state index is 0.403. The van der Waals surface area contributed by atoms with Gasteiger partial charge in [-0.15, -0.1) is 0 Å². The molecule has 0 aliphatic carbocycles. The van der Waals surface area contributed by atoms with Crippen LogP contribution >= 0.6 is 15.9 Å². The summed E-state index contributed by atoms with van der Waals surface area (Å²) in [5, 5.41) is 10.8. The highest BCUT2D eigenvalue weighted by Crippen LogP contribution is 2.37. The predicted octanol–water partition coefficient (Wildman–Crippen LogP) is 3.78. The van der Waals surface area contributed by atoms with Crippen molar-refractivity contribution in [3.63, 3.8) is 0 Å². The fraction of sp³-hybridized carbons (Fsp3) is 0.533. The van der Waals surface area contributed by atoms with E-state index < -0.39 is 23.3 Å². The monoisotopic (exact) mass is 346 g/mol. The molecule has 0 fully saturated rings. The lowest BCUT2D eigenvalue weighted by Crippen LogP contribution is -2.38. The van der Waals surface area contributed by atoms with Gasteiger partial charge >= 0.3 is 5.97 Å². The summed E-state index contributed by atoms with van der Waals surface area (Å²) in [7, 11) is 1.30. The number of aliphatic hydroxyl groups is 1. The van der Waals surface area contributed by atoms with Crippen LogP contribution in [0.2, 0.25) is 0 Å². The molecule has 1 aromatic rings. The molecule has 0 radical (unpaired) electrons. The molecule has 0 amide bonds. The van der Waals surface area contributed by atoms with Crippen molar-refractivity contribution in [2.24, 2.45) is 5.92 Å². The van der Waals surface area contributed by atoms with Crippen molar-refractivity contribution < 1.29 is 19.0 Å². The van der Waals surface area contributed by atoms with Gasteiger partial charge in [0.15, 0.2) is 0 Å². The van der Waals surface area contributed by atoms with Crippen molar-refractivity contribution in [1.82, 2.24) is 0 Å². The molecule has 1 N–H and O–H groups in total. The highest BCUT2D eigenvalue weighted by Gasteiger charge is 2.40. The summed E-state index contributed by atoms with van der Waals surface area (Å²) in [6, 6.07) is 4.03. The molecule has 112 valence electrons. The highest BCUT2D eigenvalue weighted by molar-refractivity contribution is 9.10. The Balaban J connectivity index is 3.16. The van der Waals surface area contributed by atoms with Crippen LogP contribution in [0, 0.1) is 11.7 Å². The molecular weight excluding hydrogens is 327 g/mol. The topological polar surface area (TPSA) is 46.5 Å². The zero-order chi connectivity index (χ0) is 15.3. The van der Waals surface area contributed by atoms with Crippen LogP contribution in [0.15, 0.2) is 22.7 Å². The first-order chi connectivity index (χ1) is 9.34. The Morgan fingerprint density at radius 2 is 2.20 bits per heavy atom. The van der Waals surface area contributed by atoms with Gasteiger partial charge in [0.25, 0.3) is 0 Å². The van der Waals surface area contributed by atoms with Crippen molar-refractivity contribution in [3.05, 3.63) is 34.1 Å². The van der Waals surface area contributed by atoms with Crippen LogP contribution in [0.1, 0.15) is 38.7 Å². The van der Waals surface area contributed by atoms with E-state index in [2.05, 4.69) is 15.9 Å². The minimum Gasteiger partial charge on any atom is -0.469 e. The second kappa shape index (κ2) is 7.18. The van der Waals surface area contributed by atoms with E-state index in [1.807, 2.05) is 6.92 Å². The lowest BCUT2D eigenvalue weighted by atomic mass is 9.80. The molecule has 3 nitrogen and oxygen atoms in total. The number of esters is 1. The molecule has 2 unspecified atom stereocenters. The van der Waals surface area contributed by atoms with E-state index in [-0.39, 0.29) is 0 Å². The second-order valence-electron chi connectivity index (χ2n) is 4.99. The molecule has 0 aliphatic rings. The third kappa shape index (κ3) is 3.79. The average molecular weight is 347 g/mol. The van der Waals surface area contributed by atoms with E-state index in [1.54, 1.807) is 6.92 Å². The van der Waals surface area contributed by atoms with Crippen LogP contribution in [0.25, 0.3) is 0 Å². The summed E-state index contributed by atoms with van der Waals surface area (Å²) in [4.78, 5) is 11.9. The lowest BCUT2D eigenvalue weighted by molar-refractivity contribution is -0.156. The fourth-order valence-corrected chi connectivity index (χ4v) is 3.02. The van der Waals surface area contributed by atoms with Gasteiger partial charge in [0.05, 0.1) is 13.0 Å². The second-order valence-corrected chi connectivity index (χ2v) is 5.84. The SMILES string of the molecule is CCCCC(C(=O)OC)C(C)(O)c1ccc(F)cc1Br. The Hall–Kier alpha value is -0.940. The molecule has 1 aromatic carbocycles. The number of hydrogen-bond acceptors (Lipinski definition) is 3. The first-order valence-electron chi connectivity index (χ1n) is 6.60. The first kappa shape index (κ1) is 17.1. The average Bonchev–Trinajstić information content (AvgIpc) is 2.38. The number of methoxy groups -OCH3 is 1. The van der Waals surface area contributed by atoms with Crippen LogP contribution in [0.5, 0.6) is 0 Å². The number of hydrogen-bond donors (Lipinski definition) is 1. The maximum atomic E-state index is 13.2. The number of rotatable bonds is 6. The van der Waals surface area contributed by atoms with Crippen molar-refractivity contribution in [1.29, 1.82) is 0 Å². The number of halogens is 2. The quantitative estimate of drug-likeness (QED) is 0.797. The predicted molar refractivity (Wildman–Crippen MR) is 78.7 cm³/mol. The van der Waals surface area contributed by atoms with E-state index in [1.165, 1.54) is 25.3 Å². The Labute approximate surface area is 127 Å². The van der Waals surface area contributed by atoms with Gasteiger partial charge < -0.3 is 9.84 Å². The standard InChI is InChI=1S/C15H20BrFO3/c1-4-5-6-12(14(18)20-3)15(2,19)11-8-7-10(17)9-13(11)16/h7-9,12,19H,4-6H2,1-3H3. The fourth-order valence-electron chi connectivity index (χ4n) is 2.27. The van der Waals surface area contributed by atoms with Crippen molar-refractivity contribution in [2.75, 3.05) is 7.11 Å². The minimum atomic E-state index is -1.42. The Morgan fingerprint density at radius 3 is 2.70 bits per heavy atom. The molecule has 0 saturated heterocycles. The molecule has 0 saturated carbocycles. The molecule has 5 heteroatoms. The summed E-state index contributed by atoms with van der Waals surface area (Å²) in [6.07, 6.45) is 2.23. The molecule has 20 heavy (non-hydrogen) atoms. The summed E-state index contributed by atoms with van der Waals surface area (Å²) in [6.45, 7) is 3.57. The smallest absolute Gasteiger partial charge is 0.311 e. The molecule has 1 rings (SSSR count). The van der Waals surface area contributed by atoms with E-state index in [9.17, 15) is 14.3 Å². The summed E-state index contributed by atoms with van der Waals surface area (Å²) in [5.74, 6) is -1.55. The van der Waals surface area contributed by atoms with Gasteiger partial charge in [0.1, 0.15) is 11.4 Å². The van der Waals surface area contributed by atoms with E-state index in [0.29, 0.717) is 16.5 Å². The third-order valence-electron chi connectivity index (χ3n) is 3.49. The zero-order valence-electron chi connectivity index (χ0n) is 12.0. The number of carbonyl (C=O) groups is 1. The van der Waals surface area contributed by atoms with Crippen LogP contribution in [0.3, 0.4) is 0 Å². The van der Waals surface area contributed by atoms with Crippen molar-refractivity contribution in [2.45, 2.75) is 38.7 Å². The van der Waals surface area contributed by atoms with Crippen molar-refractivity contribution in [3.8, 4) is 0 Å². The first-order valence-corrected chi connectivity index (χ1v) is 7.39. The van der Waals surface area contributed by atoms with Gasteiger partial charge in [-0.3, -0.25) is 4.79 Å². The van der Waals surface area contributed by atoms with Gasteiger partial charge in [-0.05, 0) is 31.0 Å². The number of unbranched alkanes of at least 4 members (excludes halogenated alkanes) is 1. The van der Waals surface area contributed by atoms with E-state index in [0.717, 1.165) is 12.8 Å². The van der Waals surface area contributed by atoms with Gasteiger partial charge in [-0.25, -0.2) is 4.39 Å². The van der Waals surface area contributed by atoms with Crippen LogP contribution < -0.4 is 0 Å². The van der Waals surface area contributed by atoms with Gasteiger partial charge in [0.2, 0.25) is 0 Å².